The molecule has 8 nitrogen and oxygen atoms in total. The molecule has 3 atom stereocenters. The summed E-state index contributed by atoms with van der Waals surface area (Å²) in [5, 5.41) is 13.9. The van der Waals surface area contributed by atoms with E-state index in [1.54, 1.807) is 6.08 Å². The van der Waals surface area contributed by atoms with Crippen LogP contribution >= 0.6 is 7.82 Å². The summed E-state index contributed by atoms with van der Waals surface area (Å²) in [5.41, 5.74) is 0. The van der Waals surface area contributed by atoms with Crippen molar-refractivity contribution in [2.75, 3.05) is 40.9 Å². The lowest BCUT2D eigenvalue weighted by molar-refractivity contribution is -0.870. The lowest BCUT2D eigenvalue weighted by atomic mass is 10.0. The average Bonchev–Trinajstić information content (AvgIpc) is 3.35. The number of carbonyl (C=O) groups is 1. The quantitative estimate of drug-likeness (QED) is 0.0243. The first-order valence-corrected chi connectivity index (χ1v) is 33.0. The molecular formula is C64H124N2O6P+. The van der Waals surface area contributed by atoms with Gasteiger partial charge in [-0.15, -0.1) is 0 Å². The van der Waals surface area contributed by atoms with Gasteiger partial charge in [0.25, 0.3) is 0 Å². The smallest absolute Gasteiger partial charge is 0.387 e. The lowest BCUT2D eigenvalue weighted by Gasteiger charge is -2.25. The number of carbonyl (C=O) groups excluding carboxylic acids is 1. The first kappa shape index (κ1) is 71.5. The summed E-state index contributed by atoms with van der Waals surface area (Å²) in [6, 6.07) is -0.870. The van der Waals surface area contributed by atoms with E-state index in [1.807, 2.05) is 27.2 Å². The van der Waals surface area contributed by atoms with Crippen molar-refractivity contribution in [2.24, 2.45) is 0 Å². The van der Waals surface area contributed by atoms with Gasteiger partial charge in [-0.2, -0.15) is 0 Å². The molecule has 0 fully saturated rings. The van der Waals surface area contributed by atoms with Crippen LogP contribution in [-0.2, 0) is 18.4 Å². The van der Waals surface area contributed by atoms with E-state index in [0.717, 1.165) is 44.9 Å². The maximum absolute atomic E-state index is 13.0. The highest BCUT2D eigenvalue weighted by Crippen LogP contribution is 2.43. The lowest BCUT2D eigenvalue weighted by Crippen LogP contribution is -2.45. The van der Waals surface area contributed by atoms with Gasteiger partial charge in [-0.3, -0.25) is 13.8 Å². The second-order valence-electron chi connectivity index (χ2n) is 22.8. The number of phosphoric ester groups is 1. The molecule has 0 heterocycles. The van der Waals surface area contributed by atoms with Gasteiger partial charge in [0.05, 0.1) is 39.9 Å². The number of unbranched alkanes of at least 4 members (excludes halogenated alkanes) is 39. The van der Waals surface area contributed by atoms with Crippen LogP contribution in [0.15, 0.2) is 48.6 Å². The molecule has 0 spiro atoms. The number of nitrogens with zero attached hydrogens (tertiary/aromatic N) is 1. The molecule has 0 bridgehead atoms. The Bertz CT molecular complexity index is 1330. The van der Waals surface area contributed by atoms with Crippen molar-refractivity contribution < 1.29 is 32.9 Å². The first-order chi connectivity index (χ1) is 35.5. The molecule has 0 rings (SSSR count). The Labute approximate surface area is 454 Å². The van der Waals surface area contributed by atoms with Crippen molar-refractivity contribution in [3.8, 4) is 0 Å². The standard InChI is InChI=1S/C64H123N2O6P/c1-6-8-10-12-14-16-18-20-22-24-26-28-29-30-31-32-33-34-35-36-37-38-40-42-44-46-48-50-52-54-56-58-64(68)65-62(61-72-73(69,70)71-60-59-66(3,4)5)63(67)57-55-53-51-49-47-45-43-41-39-27-25-23-21-19-17-15-13-11-9-7-2/h30-31,39,41,47,49,55,57,62-63,67H,6-29,32-38,40,42-46,48,50-54,56,58-61H2,1-5H3,(H-,65,68,69,70)/p+1/b31-30-,41-39+,49-47+,57-55+. The van der Waals surface area contributed by atoms with E-state index in [2.05, 4.69) is 55.6 Å². The number of nitrogens with one attached hydrogen (secondary N) is 1. The van der Waals surface area contributed by atoms with E-state index in [1.165, 1.54) is 238 Å². The molecule has 0 saturated carbocycles. The highest BCUT2D eigenvalue weighted by atomic mass is 31.2. The third-order valence-corrected chi connectivity index (χ3v) is 15.2. The normalized spacial score (nSPS) is 14.1. The summed E-state index contributed by atoms with van der Waals surface area (Å²) in [5.74, 6) is -0.187. The van der Waals surface area contributed by atoms with Crippen molar-refractivity contribution in [2.45, 2.75) is 315 Å². The van der Waals surface area contributed by atoms with Gasteiger partial charge in [0.15, 0.2) is 0 Å². The SMILES string of the molecule is CCCCCCCCCCCC/C=C/CC/C=C/CC/C=C/C(O)C(COP(=O)(O)OCC[N+](C)(C)C)NC(=O)CCCCCCCCCCCCCCCCC/C=C\CCCCCCCCCCCCCC. The number of hydrogen-bond acceptors (Lipinski definition) is 5. The molecule has 430 valence electrons. The second kappa shape index (κ2) is 55.2. The van der Waals surface area contributed by atoms with Gasteiger partial charge in [-0.1, -0.05) is 274 Å². The summed E-state index contributed by atoms with van der Waals surface area (Å²) < 4.78 is 23.7. The van der Waals surface area contributed by atoms with E-state index in [-0.39, 0.29) is 19.1 Å². The molecular weight excluding hydrogens is 924 g/mol. The van der Waals surface area contributed by atoms with Crippen LogP contribution in [0.4, 0.5) is 0 Å². The summed E-state index contributed by atoms with van der Waals surface area (Å²) in [6.45, 7) is 4.82. The molecule has 0 saturated heterocycles. The first-order valence-electron chi connectivity index (χ1n) is 31.5. The van der Waals surface area contributed by atoms with Crippen LogP contribution in [-0.4, -0.2) is 73.4 Å². The van der Waals surface area contributed by atoms with Crippen LogP contribution in [0.5, 0.6) is 0 Å². The number of aliphatic hydroxyl groups is 1. The Kier molecular flexibility index (Phi) is 54.1. The van der Waals surface area contributed by atoms with Gasteiger partial charge in [-0.05, 0) is 70.6 Å². The second-order valence-corrected chi connectivity index (χ2v) is 24.2. The molecule has 9 heteroatoms. The Morgan fingerprint density at radius 1 is 0.452 bits per heavy atom. The van der Waals surface area contributed by atoms with Gasteiger partial charge < -0.3 is 19.8 Å². The molecule has 0 aromatic rings. The molecule has 0 aliphatic rings. The van der Waals surface area contributed by atoms with Gasteiger partial charge in [-0.25, -0.2) is 4.57 Å². The van der Waals surface area contributed by atoms with Crippen LogP contribution in [0.3, 0.4) is 0 Å². The Morgan fingerprint density at radius 2 is 0.753 bits per heavy atom. The number of aliphatic hydroxyl groups excluding tert-OH is 1. The predicted octanol–water partition coefficient (Wildman–Crippen LogP) is 19.5. The third-order valence-electron chi connectivity index (χ3n) is 14.2. The zero-order valence-electron chi connectivity index (χ0n) is 49.1. The van der Waals surface area contributed by atoms with E-state index >= 15 is 0 Å². The fraction of sp³-hybridized carbons (Fsp3) is 0.859. The zero-order valence-corrected chi connectivity index (χ0v) is 50.0. The van der Waals surface area contributed by atoms with Gasteiger partial charge in [0.2, 0.25) is 5.91 Å². The van der Waals surface area contributed by atoms with Crippen molar-refractivity contribution in [3.05, 3.63) is 48.6 Å². The predicted molar refractivity (Wildman–Crippen MR) is 318 cm³/mol. The fourth-order valence-electron chi connectivity index (χ4n) is 9.31. The number of likely N-dealkylation sites (N-methyl/N-ethyl adjacent to an activating group) is 1. The van der Waals surface area contributed by atoms with Gasteiger partial charge in [0, 0.05) is 6.42 Å². The van der Waals surface area contributed by atoms with Gasteiger partial charge >= 0.3 is 7.82 Å². The summed E-state index contributed by atoms with van der Waals surface area (Å²) in [6.07, 6.45) is 73.8. The minimum absolute atomic E-state index is 0.0538. The molecule has 0 aromatic heterocycles. The van der Waals surface area contributed by atoms with Crippen molar-refractivity contribution in [1.82, 2.24) is 5.32 Å². The number of hydrogen-bond donors (Lipinski definition) is 3. The summed E-state index contributed by atoms with van der Waals surface area (Å²) >= 11 is 0. The van der Waals surface area contributed by atoms with Crippen LogP contribution in [0.2, 0.25) is 0 Å². The number of allylic oxidation sites excluding steroid dienone is 7. The van der Waals surface area contributed by atoms with E-state index in [9.17, 15) is 19.4 Å². The molecule has 0 aliphatic heterocycles. The van der Waals surface area contributed by atoms with Crippen molar-refractivity contribution >= 4 is 13.7 Å². The Hall–Kier alpha value is -1.54. The van der Waals surface area contributed by atoms with Crippen LogP contribution in [0.25, 0.3) is 0 Å². The summed E-state index contributed by atoms with van der Waals surface area (Å²) in [7, 11) is 1.55. The molecule has 3 N–H and O–H groups in total. The average molecular weight is 1050 g/mol. The Balaban J connectivity index is 4.13. The summed E-state index contributed by atoms with van der Waals surface area (Å²) in [4.78, 5) is 23.3. The van der Waals surface area contributed by atoms with E-state index in [4.69, 9.17) is 9.05 Å². The van der Waals surface area contributed by atoms with Crippen LogP contribution < -0.4 is 5.32 Å². The maximum Gasteiger partial charge on any atom is 0.472 e. The largest absolute Gasteiger partial charge is 0.472 e. The molecule has 73 heavy (non-hydrogen) atoms. The maximum atomic E-state index is 13.0. The van der Waals surface area contributed by atoms with Crippen molar-refractivity contribution in [1.29, 1.82) is 0 Å². The van der Waals surface area contributed by atoms with E-state index < -0.39 is 20.0 Å². The minimum Gasteiger partial charge on any atom is -0.387 e. The monoisotopic (exact) mass is 1050 g/mol. The number of rotatable bonds is 58. The van der Waals surface area contributed by atoms with Gasteiger partial charge in [0.1, 0.15) is 13.2 Å². The number of phosphoric acid groups is 1. The molecule has 0 aromatic carbocycles. The Morgan fingerprint density at radius 3 is 1.10 bits per heavy atom. The number of quaternary nitrogens is 1. The highest BCUT2D eigenvalue weighted by Gasteiger charge is 2.27. The van der Waals surface area contributed by atoms with Crippen LogP contribution in [0.1, 0.15) is 303 Å². The molecule has 0 radical (unpaired) electrons. The third kappa shape index (κ3) is 58.0. The molecule has 0 aliphatic carbocycles. The molecule has 3 unspecified atom stereocenters. The number of amides is 1. The highest BCUT2D eigenvalue weighted by molar-refractivity contribution is 7.47. The fourth-order valence-corrected chi connectivity index (χ4v) is 10.0. The minimum atomic E-state index is -4.36. The van der Waals surface area contributed by atoms with E-state index in [0.29, 0.717) is 17.4 Å². The van der Waals surface area contributed by atoms with Crippen LogP contribution in [0, 0.1) is 0 Å². The van der Waals surface area contributed by atoms with Crippen molar-refractivity contribution in [3.63, 3.8) is 0 Å². The topological polar surface area (TPSA) is 105 Å². The molecule has 1 amide bonds. The zero-order chi connectivity index (χ0) is 53.5.